The topological polar surface area (TPSA) is 81.9 Å². The van der Waals surface area contributed by atoms with Gasteiger partial charge >= 0.3 is 0 Å². The molecule has 8 heteroatoms. The number of rotatable bonds is 5. The maximum Gasteiger partial charge on any atom is 0.282 e. The third kappa shape index (κ3) is 3.15. The number of benzene rings is 1. The minimum atomic E-state index is -3.77. The molecule has 3 aromatic rings. The van der Waals surface area contributed by atoms with Gasteiger partial charge in [0.05, 0.1) is 11.1 Å². The second-order valence-electron chi connectivity index (χ2n) is 5.41. The highest BCUT2D eigenvalue weighted by molar-refractivity contribution is 7.89. The van der Waals surface area contributed by atoms with Gasteiger partial charge in [0.1, 0.15) is 0 Å². The first-order valence-corrected chi connectivity index (χ1v) is 9.49. The average molecular weight is 361 g/mol. The summed E-state index contributed by atoms with van der Waals surface area (Å²) in [5, 5.41) is 6.04. The Labute approximate surface area is 143 Å². The van der Waals surface area contributed by atoms with Crippen LogP contribution in [0.1, 0.15) is 26.5 Å². The van der Waals surface area contributed by atoms with Crippen molar-refractivity contribution in [2.45, 2.75) is 25.2 Å². The smallest absolute Gasteiger partial charge is 0.282 e. The van der Waals surface area contributed by atoms with Gasteiger partial charge in [-0.15, -0.1) is 11.3 Å². The van der Waals surface area contributed by atoms with Crippen LogP contribution in [0, 0.1) is 13.8 Å². The molecule has 0 unspecified atom stereocenters. The van der Waals surface area contributed by atoms with Crippen molar-refractivity contribution in [2.75, 3.05) is 0 Å². The molecule has 3 rings (SSSR count). The van der Waals surface area contributed by atoms with Gasteiger partial charge in [-0.05, 0) is 42.7 Å². The molecule has 2 heterocycles. The van der Waals surface area contributed by atoms with Gasteiger partial charge in [-0.1, -0.05) is 6.07 Å². The van der Waals surface area contributed by atoms with Crippen molar-refractivity contribution in [2.24, 2.45) is 0 Å². The van der Waals surface area contributed by atoms with E-state index in [4.69, 9.17) is 0 Å². The lowest BCUT2D eigenvalue weighted by molar-refractivity contribution is 0.0992. The molecular formula is C16H15N3O3S2. The van der Waals surface area contributed by atoms with Crippen LogP contribution in [0.5, 0.6) is 0 Å². The highest BCUT2D eigenvalue weighted by Gasteiger charge is 2.20. The lowest BCUT2D eigenvalue weighted by Crippen LogP contribution is -2.13. The number of hydrogen-bond donors (Lipinski definition) is 0. The first-order valence-electron chi connectivity index (χ1n) is 7.17. The zero-order valence-corrected chi connectivity index (χ0v) is 14.8. The largest absolute Gasteiger partial charge is 0.291 e. The predicted molar refractivity (Wildman–Crippen MR) is 90.9 cm³/mol. The molecule has 0 N–H and O–H groups in total. The van der Waals surface area contributed by atoms with Gasteiger partial charge in [-0.25, -0.2) is 4.98 Å². The zero-order valence-electron chi connectivity index (χ0n) is 13.1. The predicted octanol–water partition coefficient (Wildman–Crippen LogP) is 2.62. The summed E-state index contributed by atoms with van der Waals surface area (Å²) < 4.78 is 26.2. The van der Waals surface area contributed by atoms with Crippen molar-refractivity contribution in [3.8, 4) is 0 Å². The molecular weight excluding hydrogens is 346 g/mol. The second kappa shape index (κ2) is 6.29. The molecule has 124 valence electrons. The highest BCUT2D eigenvalue weighted by atomic mass is 32.2. The second-order valence-corrected chi connectivity index (χ2v) is 8.10. The summed E-state index contributed by atoms with van der Waals surface area (Å²) in [5.41, 5.74) is 2.44. The summed E-state index contributed by atoms with van der Waals surface area (Å²) in [7, 11) is -3.77. The first-order chi connectivity index (χ1) is 11.4. The molecule has 0 saturated heterocycles. The molecule has 0 radical (unpaired) electrons. The van der Waals surface area contributed by atoms with Crippen LogP contribution in [0.4, 0.5) is 0 Å². The minimum Gasteiger partial charge on any atom is -0.291 e. The first kappa shape index (κ1) is 16.5. The van der Waals surface area contributed by atoms with E-state index in [0.29, 0.717) is 10.6 Å². The molecule has 2 aromatic heterocycles. The lowest BCUT2D eigenvalue weighted by atomic mass is 10.1. The van der Waals surface area contributed by atoms with E-state index in [-0.39, 0.29) is 17.1 Å². The van der Waals surface area contributed by atoms with Crippen LogP contribution in [-0.4, -0.2) is 28.4 Å². The number of carbonyl (C=O) groups excluding carboxylic acids is 1. The van der Waals surface area contributed by atoms with Crippen LogP contribution in [0.25, 0.3) is 0 Å². The number of nitrogens with zero attached hydrogens (tertiary/aromatic N) is 3. The third-order valence-electron chi connectivity index (χ3n) is 3.67. The lowest BCUT2D eigenvalue weighted by Gasteiger charge is -2.06. The van der Waals surface area contributed by atoms with Crippen molar-refractivity contribution >= 4 is 27.1 Å². The Balaban J connectivity index is 1.86. The Kier molecular flexibility index (Phi) is 4.33. The minimum absolute atomic E-state index is 0.0654. The number of thiazole rings is 1. The van der Waals surface area contributed by atoms with Crippen LogP contribution in [-0.2, 0) is 16.4 Å². The maximum atomic E-state index is 12.6. The van der Waals surface area contributed by atoms with Gasteiger partial charge < -0.3 is 0 Å². The third-order valence-corrected chi connectivity index (χ3v) is 6.03. The fourth-order valence-corrected chi connectivity index (χ4v) is 3.97. The van der Waals surface area contributed by atoms with E-state index in [9.17, 15) is 13.2 Å². The fourth-order valence-electron chi connectivity index (χ4n) is 2.17. The van der Waals surface area contributed by atoms with Gasteiger partial charge in [0.25, 0.3) is 10.0 Å². The summed E-state index contributed by atoms with van der Waals surface area (Å²) in [5.74, 6) is -0.159. The monoisotopic (exact) mass is 361 g/mol. The highest BCUT2D eigenvalue weighted by Crippen LogP contribution is 2.18. The molecule has 0 aliphatic heterocycles. The van der Waals surface area contributed by atoms with E-state index >= 15 is 0 Å². The molecule has 0 bridgehead atoms. The molecule has 6 nitrogen and oxygen atoms in total. The van der Waals surface area contributed by atoms with E-state index < -0.39 is 10.0 Å². The Morgan fingerprint density at radius 2 is 2.04 bits per heavy atom. The summed E-state index contributed by atoms with van der Waals surface area (Å²) in [4.78, 5) is 16.2. The molecule has 0 aliphatic rings. The van der Waals surface area contributed by atoms with E-state index in [0.717, 1.165) is 15.2 Å². The molecule has 0 aliphatic carbocycles. The standard InChI is InChI=1S/C16H15N3O3S2/c1-11-3-4-14(7-12(11)2)24(21,22)19-10-13(9-18-19)8-15(20)16-17-5-6-23-16/h3-7,9-10H,8H2,1-2H3. The van der Waals surface area contributed by atoms with E-state index in [1.165, 1.54) is 23.7 Å². The van der Waals surface area contributed by atoms with Gasteiger partial charge in [0.2, 0.25) is 0 Å². The molecule has 24 heavy (non-hydrogen) atoms. The summed E-state index contributed by atoms with van der Waals surface area (Å²) in [6, 6.07) is 4.94. The molecule has 0 amide bonds. The van der Waals surface area contributed by atoms with Crippen LogP contribution in [0.3, 0.4) is 0 Å². The fraction of sp³-hybridized carbons (Fsp3) is 0.188. The van der Waals surface area contributed by atoms with Crippen LogP contribution in [0.15, 0.2) is 47.1 Å². The Morgan fingerprint density at radius 3 is 2.71 bits per heavy atom. The quantitative estimate of drug-likeness (QED) is 0.653. The Morgan fingerprint density at radius 1 is 1.25 bits per heavy atom. The molecule has 0 atom stereocenters. The number of aromatic nitrogens is 3. The maximum absolute atomic E-state index is 12.6. The number of hydrogen-bond acceptors (Lipinski definition) is 6. The van der Waals surface area contributed by atoms with Gasteiger partial charge in [0, 0.05) is 24.2 Å². The van der Waals surface area contributed by atoms with Crippen molar-refractivity contribution in [1.82, 2.24) is 14.2 Å². The van der Waals surface area contributed by atoms with Crippen molar-refractivity contribution in [3.63, 3.8) is 0 Å². The number of ketones is 1. The van der Waals surface area contributed by atoms with Gasteiger partial charge in [-0.2, -0.15) is 17.6 Å². The van der Waals surface area contributed by atoms with Gasteiger partial charge in [-0.3, -0.25) is 4.79 Å². The van der Waals surface area contributed by atoms with Crippen molar-refractivity contribution in [3.05, 3.63) is 63.9 Å². The zero-order chi connectivity index (χ0) is 17.3. The summed E-state index contributed by atoms with van der Waals surface area (Å²) >= 11 is 1.26. The number of aryl methyl sites for hydroxylation is 2. The number of Topliss-reactive ketones (excluding diaryl/α,β-unsaturated/α-hetero) is 1. The summed E-state index contributed by atoms with van der Waals surface area (Å²) in [6.45, 7) is 3.78. The van der Waals surface area contributed by atoms with Crippen LogP contribution in [0.2, 0.25) is 0 Å². The summed E-state index contributed by atoms with van der Waals surface area (Å²) in [6.07, 6.45) is 4.39. The van der Waals surface area contributed by atoms with Gasteiger partial charge in [0.15, 0.2) is 10.8 Å². The molecule has 1 aromatic carbocycles. The average Bonchev–Trinajstić information content (AvgIpc) is 3.21. The molecule has 0 saturated carbocycles. The van der Waals surface area contributed by atoms with E-state index in [2.05, 4.69) is 10.1 Å². The van der Waals surface area contributed by atoms with E-state index in [1.807, 2.05) is 13.8 Å². The van der Waals surface area contributed by atoms with Crippen LogP contribution < -0.4 is 0 Å². The van der Waals surface area contributed by atoms with Crippen molar-refractivity contribution < 1.29 is 13.2 Å². The normalized spacial score (nSPS) is 11.6. The number of carbonyl (C=O) groups is 1. The van der Waals surface area contributed by atoms with Crippen LogP contribution >= 0.6 is 11.3 Å². The Hall–Kier alpha value is -2.32. The molecule has 0 fully saturated rings. The van der Waals surface area contributed by atoms with Crippen molar-refractivity contribution in [1.29, 1.82) is 0 Å². The van der Waals surface area contributed by atoms with E-state index in [1.54, 1.807) is 29.8 Å². The SMILES string of the molecule is Cc1ccc(S(=O)(=O)n2cc(CC(=O)c3nccs3)cn2)cc1C. The molecule has 0 spiro atoms. The Bertz CT molecular complexity index is 990.